The third kappa shape index (κ3) is 3.84. The summed E-state index contributed by atoms with van der Waals surface area (Å²) in [4.78, 5) is 13.8. The molecule has 2 rings (SSSR count). The lowest BCUT2D eigenvalue weighted by molar-refractivity contribution is -0.116. The van der Waals surface area contributed by atoms with Crippen LogP contribution in [0.15, 0.2) is 30.3 Å². The Bertz CT molecular complexity index is 367. The summed E-state index contributed by atoms with van der Waals surface area (Å²) in [5.74, 6) is 0.0255. The van der Waals surface area contributed by atoms with Crippen molar-refractivity contribution in [2.75, 3.05) is 25.0 Å². The van der Waals surface area contributed by atoms with Gasteiger partial charge in [0.2, 0.25) is 5.91 Å². The first-order valence-corrected chi connectivity index (χ1v) is 5.99. The van der Waals surface area contributed by atoms with Crippen molar-refractivity contribution in [3.05, 3.63) is 30.3 Å². The van der Waals surface area contributed by atoms with Crippen molar-refractivity contribution in [1.82, 2.24) is 4.90 Å². The summed E-state index contributed by atoms with van der Waals surface area (Å²) >= 11 is 0. The fourth-order valence-electron chi connectivity index (χ4n) is 2.02. The Morgan fingerprint density at radius 3 is 2.82 bits per heavy atom. The van der Waals surface area contributed by atoms with Crippen LogP contribution in [-0.4, -0.2) is 41.7 Å². The molecular formula is C13H18N2O2. The van der Waals surface area contributed by atoms with Crippen molar-refractivity contribution in [2.24, 2.45) is 0 Å². The zero-order valence-corrected chi connectivity index (χ0v) is 9.80. The van der Waals surface area contributed by atoms with Crippen molar-refractivity contribution in [2.45, 2.75) is 18.9 Å². The van der Waals surface area contributed by atoms with Gasteiger partial charge in [-0.25, -0.2) is 0 Å². The van der Waals surface area contributed by atoms with E-state index in [0.29, 0.717) is 13.0 Å². The van der Waals surface area contributed by atoms with Crippen molar-refractivity contribution in [1.29, 1.82) is 0 Å². The number of carbonyl (C=O) groups is 1. The normalized spacial score (nSPS) is 20.4. The lowest BCUT2D eigenvalue weighted by Crippen LogP contribution is -2.26. The maximum absolute atomic E-state index is 11.7. The summed E-state index contributed by atoms with van der Waals surface area (Å²) in [5, 5.41) is 12.2. The predicted molar refractivity (Wildman–Crippen MR) is 66.8 cm³/mol. The monoisotopic (exact) mass is 234 g/mol. The molecule has 1 amide bonds. The van der Waals surface area contributed by atoms with Crippen LogP contribution in [0.2, 0.25) is 0 Å². The molecule has 2 N–H and O–H groups in total. The van der Waals surface area contributed by atoms with Gasteiger partial charge in [0.25, 0.3) is 0 Å². The van der Waals surface area contributed by atoms with Gasteiger partial charge < -0.3 is 15.3 Å². The molecule has 4 nitrogen and oxygen atoms in total. The van der Waals surface area contributed by atoms with Crippen LogP contribution in [0.5, 0.6) is 0 Å². The molecule has 0 aliphatic carbocycles. The molecule has 1 heterocycles. The zero-order valence-electron chi connectivity index (χ0n) is 9.80. The highest BCUT2D eigenvalue weighted by Crippen LogP contribution is 2.10. The van der Waals surface area contributed by atoms with E-state index in [0.717, 1.165) is 25.2 Å². The molecule has 0 saturated carbocycles. The number of nitrogens with zero attached hydrogens (tertiary/aromatic N) is 1. The quantitative estimate of drug-likeness (QED) is 0.819. The van der Waals surface area contributed by atoms with Crippen molar-refractivity contribution in [3.63, 3.8) is 0 Å². The third-order valence-corrected chi connectivity index (χ3v) is 2.96. The number of aliphatic hydroxyl groups is 1. The van der Waals surface area contributed by atoms with Gasteiger partial charge in [0.1, 0.15) is 0 Å². The molecule has 17 heavy (non-hydrogen) atoms. The predicted octanol–water partition coefficient (Wildman–Crippen LogP) is 1.08. The number of aliphatic hydroxyl groups excluding tert-OH is 1. The second kappa shape index (κ2) is 5.80. The summed E-state index contributed by atoms with van der Waals surface area (Å²) in [5.41, 5.74) is 0.832. The van der Waals surface area contributed by atoms with Crippen LogP contribution < -0.4 is 5.32 Å². The van der Waals surface area contributed by atoms with Crippen LogP contribution in [0.3, 0.4) is 0 Å². The number of β-amino-alcohol motifs (C(OH)–C–C–N with tert-alkyl or cyclic N) is 1. The van der Waals surface area contributed by atoms with E-state index in [1.165, 1.54) is 0 Å². The minimum absolute atomic E-state index is 0.0255. The lowest BCUT2D eigenvalue weighted by atomic mass is 10.3. The van der Waals surface area contributed by atoms with E-state index < -0.39 is 0 Å². The standard InChI is InChI=1S/C13H18N2O2/c16-12-6-8-15(10-12)9-7-13(17)14-11-4-2-1-3-5-11/h1-5,12,16H,6-10H2,(H,14,17)/t12-/m0/s1. The molecule has 0 bridgehead atoms. The Morgan fingerprint density at radius 1 is 1.41 bits per heavy atom. The average Bonchev–Trinajstić information content (AvgIpc) is 2.74. The van der Waals surface area contributed by atoms with E-state index in [4.69, 9.17) is 0 Å². The second-order valence-corrected chi connectivity index (χ2v) is 4.41. The van der Waals surface area contributed by atoms with Gasteiger partial charge in [0.05, 0.1) is 6.10 Å². The Hall–Kier alpha value is -1.39. The Balaban J connectivity index is 1.71. The Kier molecular flexibility index (Phi) is 4.12. The largest absolute Gasteiger partial charge is 0.392 e. The van der Waals surface area contributed by atoms with Crippen LogP contribution in [0, 0.1) is 0 Å². The van der Waals surface area contributed by atoms with Gasteiger partial charge in [0.15, 0.2) is 0 Å². The number of carbonyl (C=O) groups excluding carboxylic acids is 1. The average molecular weight is 234 g/mol. The summed E-state index contributed by atoms with van der Waals surface area (Å²) in [6.45, 7) is 2.30. The van der Waals surface area contributed by atoms with Gasteiger partial charge in [-0.2, -0.15) is 0 Å². The maximum atomic E-state index is 11.7. The number of nitrogens with one attached hydrogen (secondary N) is 1. The number of amides is 1. The van der Waals surface area contributed by atoms with Gasteiger partial charge >= 0.3 is 0 Å². The molecule has 1 atom stereocenters. The molecule has 1 aromatic rings. The van der Waals surface area contributed by atoms with Crippen LogP contribution in [0.1, 0.15) is 12.8 Å². The molecular weight excluding hydrogens is 216 g/mol. The van der Waals surface area contributed by atoms with Gasteiger partial charge in [-0.15, -0.1) is 0 Å². The molecule has 1 aliphatic heterocycles. The molecule has 1 fully saturated rings. The van der Waals surface area contributed by atoms with Crippen molar-refractivity contribution >= 4 is 11.6 Å². The maximum Gasteiger partial charge on any atom is 0.225 e. The number of hydrogen-bond donors (Lipinski definition) is 2. The molecule has 0 unspecified atom stereocenters. The molecule has 0 radical (unpaired) electrons. The molecule has 4 heteroatoms. The summed E-state index contributed by atoms with van der Waals surface area (Å²) in [7, 11) is 0. The zero-order chi connectivity index (χ0) is 12.1. The topological polar surface area (TPSA) is 52.6 Å². The van der Waals surface area contributed by atoms with Crippen molar-refractivity contribution in [3.8, 4) is 0 Å². The smallest absolute Gasteiger partial charge is 0.225 e. The van der Waals surface area contributed by atoms with Crippen LogP contribution >= 0.6 is 0 Å². The number of para-hydroxylation sites is 1. The van der Waals surface area contributed by atoms with Gasteiger partial charge in [-0.1, -0.05) is 18.2 Å². The highest BCUT2D eigenvalue weighted by atomic mass is 16.3. The van der Waals surface area contributed by atoms with Crippen LogP contribution in [0.25, 0.3) is 0 Å². The number of hydrogen-bond acceptors (Lipinski definition) is 3. The second-order valence-electron chi connectivity index (χ2n) is 4.41. The van der Waals surface area contributed by atoms with E-state index in [1.54, 1.807) is 0 Å². The number of likely N-dealkylation sites (tertiary alicyclic amines) is 1. The summed E-state index contributed by atoms with van der Waals surface area (Å²) in [6, 6.07) is 9.45. The number of benzene rings is 1. The summed E-state index contributed by atoms with van der Waals surface area (Å²) in [6.07, 6.45) is 1.08. The Morgan fingerprint density at radius 2 is 2.18 bits per heavy atom. The SMILES string of the molecule is O=C(CCN1CC[C@H](O)C1)Nc1ccccc1. The lowest BCUT2D eigenvalue weighted by Gasteiger charge is -2.14. The van der Waals surface area contributed by atoms with Crippen LogP contribution in [0.4, 0.5) is 5.69 Å². The van der Waals surface area contributed by atoms with E-state index >= 15 is 0 Å². The van der Waals surface area contributed by atoms with E-state index in [-0.39, 0.29) is 12.0 Å². The first-order valence-electron chi connectivity index (χ1n) is 5.99. The number of rotatable bonds is 4. The van der Waals surface area contributed by atoms with Gasteiger partial charge in [-0.05, 0) is 18.6 Å². The molecule has 0 aromatic heterocycles. The molecule has 1 saturated heterocycles. The highest BCUT2D eigenvalue weighted by Gasteiger charge is 2.20. The van der Waals surface area contributed by atoms with E-state index in [2.05, 4.69) is 10.2 Å². The fraction of sp³-hybridized carbons (Fsp3) is 0.462. The van der Waals surface area contributed by atoms with Crippen molar-refractivity contribution < 1.29 is 9.90 Å². The molecule has 0 spiro atoms. The summed E-state index contributed by atoms with van der Waals surface area (Å²) < 4.78 is 0. The Labute approximate surface area is 101 Å². The van der Waals surface area contributed by atoms with Gasteiger partial charge in [0, 0.05) is 31.7 Å². The van der Waals surface area contributed by atoms with E-state index in [9.17, 15) is 9.90 Å². The highest BCUT2D eigenvalue weighted by molar-refractivity contribution is 5.90. The van der Waals surface area contributed by atoms with E-state index in [1.807, 2.05) is 30.3 Å². The molecule has 1 aromatic carbocycles. The molecule has 92 valence electrons. The fourth-order valence-corrected chi connectivity index (χ4v) is 2.02. The minimum atomic E-state index is -0.216. The first-order chi connectivity index (χ1) is 8.24. The molecule has 1 aliphatic rings. The van der Waals surface area contributed by atoms with Gasteiger partial charge in [-0.3, -0.25) is 4.79 Å². The van der Waals surface area contributed by atoms with Crippen LogP contribution in [-0.2, 0) is 4.79 Å². The first kappa shape index (κ1) is 12.1. The number of anilines is 1. The minimum Gasteiger partial charge on any atom is -0.392 e. The third-order valence-electron chi connectivity index (χ3n) is 2.96.